The number of nitrogens with zero attached hydrogens (tertiary/aromatic N) is 1. The third kappa shape index (κ3) is 2.67. The highest BCUT2D eigenvalue weighted by Gasteiger charge is 2.29. The van der Waals surface area contributed by atoms with E-state index in [0.717, 1.165) is 19.4 Å². The summed E-state index contributed by atoms with van der Waals surface area (Å²) in [5.41, 5.74) is 0. The van der Waals surface area contributed by atoms with Crippen molar-refractivity contribution in [3.8, 4) is 0 Å². The Hall–Kier alpha value is -0.610. The van der Waals surface area contributed by atoms with Crippen LogP contribution in [0.4, 0.5) is 0 Å². The molecule has 1 rings (SSSR count). The van der Waals surface area contributed by atoms with Crippen LogP contribution in [0, 0.1) is 0 Å². The van der Waals surface area contributed by atoms with Gasteiger partial charge in [0.15, 0.2) is 0 Å². The molecule has 1 amide bonds. The average Bonchev–Trinajstić information content (AvgIpc) is 2.51. The van der Waals surface area contributed by atoms with E-state index in [2.05, 4.69) is 5.32 Å². The van der Waals surface area contributed by atoms with Crippen LogP contribution in [0.15, 0.2) is 0 Å². The first-order valence-electron chi connectivity index (χ1n) is 4.84. The summed E-state index contributed by atoms with van der Waals surface area (Å²) in [6.45, 7) is 2.83. The Labute approximate surface area is 78.9 Å². The van der Waals surface area contributed by atoms with E-state index in [1.807, 2.05) is 6.92 Å². The van der Waals surface area contributed by atoms with Gasteiger partial charge in [0.1, 0.15) is 6.23 Å². The highest BCUT2D eigenvalue weighted by molar-refractivity contribution is 5.81. The minimum Gasteiger partial charge on any atom is -0.379 e. The van der Waals surface area contributed by atoms with E-state index in [0.29, 0.717) is 6.42 Å². The number of nitrogens with one attached hydrogen (secondary N) is 1. The maximum absolute atomic E-state index is 11.6. The molecule has 0 bridgehead atoms. The topological polar surface area (TPSA) is 52.6 Å². The molecule has 1 fully saturated rings. The van der Waals surface area contributed by atoms with Gasteiger partial charge in [-0.2, -0.15) is 0 Å². The zero-order chi connectivity index (χ0) is 9.84. The maximum Gasteiger partial charge on any atom is 0.239 e. The number of carbonyl (C=O) groups is 1. The number of aliphatic hydroxyl groups is 1. The predicted molar refractivity (Wildman–Crippen MR) is 50.1 cm³/mol. The summed E-state index contributed by atoms with van der Waals surface area (Å²) in [4.78, 5) is 13.4. The number of rotatable bonds is 3. The first-order valence-corrected chi connectivity index (χ1v) is 4.84. The van der Waals surface area contributed by atoms with Crippen LogP contribution in [0.5, 0.6) is 0 Å². The molecular formula is C9H18N2O2. The summed E-state index contributed by atoms with van der Waals surface area (Å²) < 4.78 is 0. The lowest BCUT2D eigenvalue weighted by Crippen LogP contribution is -2.43. The maximum atomic E-state index is 11.6. The van der Waals surface area contributed by atoms with Gasteiger partial charge in [-0.3, -0.25) is 10.1 Å². The molecule has 13 heavy (non-hydrogen) atoms. The van der Waals surface area contributed by atoms with Crippen molar-refractivity contribution in [1.29, 1.82) is 0 Å². The first-order chi connectivity index (χ1) is 6.15. The smallest absolute Gasteiger partial charge is 0.239 e. The SMILES string of the molecule is CCCN(C)C(=O)[C@@H]1CCC(O)N1. The minimum absolute atomic E-state index is 0.0957. The molecule has 0 aliphatic carbocycles. The molecule has 1 aliphatic rings. The highest BCUT2D eigenvalue weighted by Crippen LogP contribution is 2.12. The lowest BCUT2D eigenvalue weighted by Gasteiger charge is -2.20. The van der Waals surface area contributed by atoms with Crippen LogP contribution < -0.4 is 5.32 Å². The molecule has 0 radical (unpaired) electrons. The van der Waals surface area contributed by atoms with Gasteiger partial charge in [0.2, 0.25) is 5.91 Å². The predicted octanol–water partition coefficient (Wildman–Crippen LogP) is -0.0748. The lowest BCUT2D eigenvalue weighted by atomic mass is 10.2. The van der Waals surface area contributed by atoms with Crippen molar-refractivity contribution >= 4 is 5.91 Å². The summed E-state index contributed by atoms with van der Waals surface area (Å²) >= 11 is 0. The molecule has 1 heterocycles. The number of aliphatic hydroxyl groups excluding tert-OH is 1. The Balaban J connectivity index is 2.38. The third-order valence-electron chi connectivity index (χ3n) is 2.36. The summed E-state index contributed by atoms with van der Waals surface area (Å²) in [5.74, 6) is 0.0957. The Morgan fingerprint density at radius 1 is 1.62 bits per heavy atom. The van der Waals surface area contributed by atoms with E-state index in [-0.39, 0.29) is 11.9 Å². The molecule has 2 atom stereocenters. The second-order valence-electron chi connectivity index (χ2n) is 3.57. The van der Waals surface area contributed by atoms with Crippen molar-refractivity contribution in [3.63, 3.8) is 0 Å². The number of likely N-dealkylation sites (N-methyl/N-ethyl adjacent to an activating group) is 1. The monoisotopic (exact) mass is 186 g/mol. The molecule has 0 aromatic rings. The van der Waals surface area contributed by atoms with Gasteiger partial charge in [-0.1, -0.05) is 6.92 Å². The zero-order valence-electron chi connectivity index (χ0n) is 8.29. The van der Waals surface area contributed by atoms with E-state index < -0.39 is 6.23 Å². The average molecular weight is 186 g/mol. The molecule has 0 saturated carbocycles. The molecule has 4 heteroatoms. The molecule has 2 N–H and O–H groups in total. The van der Waals surface area contributed by atoms with Gasteiger partial charge in [-0.15, -0.1) is 0 Å². The molecule has 1 aliphatic heterocycles. The fourth-order valence-electron chi connectivity index (χ4n) is 1.63. The van der Waals surface area contributed by atoms with E-state index in [1.165, 1.54) is 0 Å². The zero-order valence-corrected chi connectivity index (χ0v) is 8.29. The van der Waals surface area contributed by atoms with Crippen LogP contribution in [0.2, 0.25) is 0 Å². The van der Waals surface area contributed by atoms with Gasteiger partial charge in [-0.05, 0) is 19.3 Å². The van der Waals surface area contributed by atoms with Crippen molar-refractivity contribution in [1.82, 2.24) is 10.2 Å². The fraction of sp³-hybridized carbons (Fsp3) is 0.889. The summed E-state index contributed by atoms with van der Waals surface area (Å²) in [5, 5.41) is 12.0. The fourth-order valence-corrected chi connectivity index (χ4v) is 1.63. The number of carbonyl (C=O) groups excluding carboxylic acids is 1. The largest absolute Gasteiger partial charge is 0.379 e. The summed E-state index contributed by atoms with van der Waals surface area (Å²) in [6, 6.07) is -0.174. The van der Waals surface area contributed by atoms with Crippen molar-refractivity contribution in [2.75, 3.05) is 13.6 Å². The van der Waals surface area contributed by atoms with Crippen molar-refractivity contribution in [2.24, 2.45) is 0 Å². The van der Waals surface area contributed by atoms with Crippen LogP contribution >= 0.6 is 0 Å². The quantitative estimate of drug-likeness (QED) is 0.648. The third-order valence-corrected chi connectivity index (χ3v) is 2.36. The lowest BCUT2D eigenvalue weighted by molar-refractivity contribution is -0.132. The van der Waals surface area contributed by atoms with E-state index >= 15 is 0 Å². The summed E-state index contributed by atoms with van der Waals surface area (Å²) in [7, 11) is 1.80. The van der Waals surface area contributed by atoms with Gasteiger partial charge in [0, 0.05) is 13.6 Å². The van der Waals surface area contributed by atoms with Crippen molar-refractivity contribution in [3.05, 3.63) is 0 Å². The highest BCUT2D eigenvalue weighted by atomic mass is 16.3. The molecule has 1 unspecified atom stereocenters. The minimum atomic E-state index is -0.496. The van der Waals surface area contributed by atoms with Crippen molar-refractivity contribution < 1.29 is 9.90 Å². The van der Waals surface area contributed by atoms with E-state index in [9.17, 15) is 9.90 Å². The normalized spacial score (nSPS) is 27.6. The van der Waals surface area contributed by atoms with Crippen molar-refractivity contribution in [2.45, 2.75) is 38.5 Å². The second-order valence-corrected chi connectivity index (χ2v) is 3.57. The Morgan fingerprint density at radius 2 is 2.31 bits per heavy atom. The molecule has 1 saturated heterocycles. The van der Waals surface area contributed by atoms with Crippen LogP contribution in [0.25, 0.3) is 0 Å². The van der Waals surface area contributed by atoms with Gasteiger partial charge in [0.25, 0.3) is 0 Å². The van der Waals surface area contributed by atoms with Crippen LogP contribution in [-0.4, -0.2) is 41.8 Å². The Bertz CT molecular complexity index is 184. The molecule has 4 nitrogen and oxygen atoms in total. The molecular weight excluding hydrogens is 168 g/mol. The van der Waals surface area contributed by atoms with Gasteiger partial charge >= 0.3 is 0 Å². The van der Waals surface area contributed by atoms with Crippen LogP contribution in [0.1, 0.15) is 26.2 Å². The number of hydrogen-bond acceptors (Lipinski definition) is 3. The van der Waals surface area contributed by atoms with Gasteiger partial charge < -0.3 is 10.0 Å². The summed E-state index contributed by atoms with van der Waals surface area (Å²) in [6.07, 6.45) is 1.89. The van der Waals surface area contributed by atoms with E-state index in [4.69, 9.17) is 0 Å². The van der Waals surface area contributed by atoms with Gasteiger partial charge in [0.05, 0.1) is 6.04 Å². The van der Waals surface area contributed by atoms with E-state index in [1.54, 1.807) is 11.9 Å². The molecule has 0 aromatic heterocycles. The Kier molecular flexibility index (Phi) is 3.69. The number of amides is 1. The van der Waals surface area contributed by atoms with Crippen LogP contribution in [0.3, 0.4) is 0 Å². The number of hydrogen-bond donors (Lipinski definition) is 2. The standard InChI is InChI=1S/C9H18N2O2/c1-3-6-11(2)9(13)7-4-5-8(12)10-7/h7-8,10,12H,3-6H2,1-2H3/t7-,8?/m0/s1. The molecule has 0 aromatic carbocycles. The van der Waals surface area contributed by atoms with Crippen LogP contribution in [-0.2, 0) is 4.79 Å². The van der Waals surface area contributed by atoms with Gasteiger partial charge in [-0.25, -0.2) is 0 Å². The Morgan fingerprint density at radius 3 is 2.77 bits per heavy atom. The molecule has 76 valence electrons. The second kappa shape index (κ2) is 4.58. The first kappa shape index (κ1) is 10.5. The molecule has 0 spiro atoms.